The Morgan fingerprint density at radius 1 is 1.30 bits per heavy atom. The third-order valence-electron chi connectivity index (χ3n) is 3.58. The number of nitrogens with zero attached hydrogens (tertiary/aromatic N) is 3. The van der Waals surface area contributed by atoms with Crippen LogP contribution < -0.4 is 4.90 Å². The first-order valence-electron chi connectivity index (χ1n) is 6.45. The van der Waals surface area contributed by atoms with Crippen LogP contribution in [0.1, 0.15) is 9.80 Å². The van der Waals surface area contributed by atoms with Gasteiger partial charge in [-0.25, -0.2) is 9.78 Å². The van der Waals surface area contributed by atoms with Crippen molar-refractivity contribution >= 4 is 29.0 Å². The lowest BCUT2D eigenvalue weighted by Gasteiger charge is -2.38. The monoisotopic (exact) mass is 297 g/mol. The molecule has 2 fully saturated rings. The average Bonchev–Trinajstić information content (AvgIpc) is 2.86. The second-order valence-electron chi connectivity index (χ2n) is 4.86. The van der Waals surface area contributed by atoms with Gasteiger partial charge in [0.15, 0.2) is 0 Å². The zero-order valence-corrected chi connectivity index (χ0v) is 11.6. The van der Waals surface area contributed by atoms with Crippen molar-refractivity contribution in [3.63, 3.8) is 0 Å². The standard InChI is InChI=1S/C12H15N3O4S/c16-11(8-5-19-6-8)15-3-1-14(2-4-15)9-7-20-10(13-9)12(17)18/h7-8H,1-6H2,(H,17,18). The van der Waals surface area contributed by atoms with E-state index in [1.807, 2.05) is 9.80 Å². The lowest BCUT2D eigenvalue weighted by Crippen LogP contribution is -2.53. The third-order valence-corrected chi connectivity index (χ3v) is 4.40. The first-order chi connectivity index (χ1) is 9.65. The van der Waals surface area contributed by atoms with Gasteiger partial charge in [-0.1, -0.05) is 0 Å². The molecule has 0 saturated carbocycles. The molecule has 2 aliphatic heterocycles. The smallest absolute Gasteiger partial charge is 0.365 e. The molecular formula is C12H15N3O4S. The third kappa shape index (κ3) is 2.48. The van der Waals surface area contributed by atoms with Crippen LogP contribution in [0.4, 0.5) is 5.82 Å². The van der Waals surface area contributed by atoms with Gasteiger partial charge >= 0.3 is 5.97 Å². The number of rotatable bonds is 3. The maximum absolute atomic E-state index is 12.1. The van der Waals surface area contributed by atoms with Crippen LogP contribution >= 0.6 is 11.3 Å². The summed E-state index contributed by atoms with van der Waals surface area (Å²) >= 11 is 1.13. The fourth-order valence-electron chi connectivity index (χ4n) is 2.30. The molecule has 1 amide bonds. The van der Waals surface area contributed by atoms with Crippen molar-refractivity contribution in [3.05, 3.63) is 10.4 Å². The number of amides is 1. The van der Waals surface area contributed by atoms with Gasteiger partial charge in [0, 0.05) is 31.6 Å². The number of carbonyl (C=O) groups excluding carboxylic acids is 1. The number of aromatic carboxylic acids is 1. The van der Waals surface area contributed by atoms with E-state index < -0.39 is 5.97 Å². The molecule has 20 heavy (non-hydrogen) atoms. The number of anilines is 1. The fourth-order valence-corrected chi connectivity index (χ4v) is 2.97. The Bertz CT molecular complexity index is 521. The molecule has 0 radical (unpaired) electrons. The zero-order valence-electron chi connectivity index (χ0n) is 10.8. The van der Waals surface area contributed by atoms with E-state index in [1.165, 1.54) is 0 Å². The van der Waals surface area contributed by atoms with Crippen molar-refractivity contribution in [1.82, 2.24) is 9.88 Å². The number of carboxylic acids is 1. The molecule has 1 aromatic heterocycles. The van der Waals surface area contributed by atoms with E-state index in [4.69, 9.17) is 9.84 Å². The Kier molecular flexibility index (Phi) is 3.58. The van der Waals surface area contributed by atoms with Gasteiger partial charge in [-0.05, 0) is 0 Å². The molecule has 108 valence electrons. The van der Waals surface area contributed by atoms with Crippen LogP contribution in [0, 0.1) is 5.92 Å². The summed E-state index contributed by atoms with van der Waals surface area (Å²) in [6.45, 7) is 3.73. The van der Waals surface area contributed by atoms with Crippen molar-refractivity contribution in [2.24, 2.45) is 5.92 Å². The molecule has 1 N–H and O–H groups in total. The number of carboxylic acid groups (broad SMARTS) is 1. The quantitative estimate of drug-likeness (QED) is 0.854. The van der Waals surface area contributed by atoms with Crippen LogP contribution in [0.5, 0.6) is 0 Å². The molecule has 0 aromatic carbocycles. The number of carbonyl (C=O) groups is 2. The van der Waals surface area contributed by atoms with Gasteiger partial charge in [-0.2, -0.15) is 0 Å². The van der Waals surface area contributed by atoms with Crippen LogP contribution in [0.25, 0.3) is 0 Å². The van der Waals surface area contributed by atoms with Gasteiger partial charge in [0.05, 0.1) is 19.1 Å². The predicted octanol–water partition coefficient (Wildman–Crippen LogP) is 0.136. The highest BCUT2D eigenvalue weighted by atomic mass is 32.1. The van der Waals surface area contributed by atoms with Gasteiger partial charge in [0.25, 0.3) is 0 Å². The minimum atomic E-state index is -1.000. The number of piperazine rings is 1. The molecule has 8 heteroatoms. The van der Waals surface area contributed by atoms with Crippen molar-refractivity contribution in [2.75, 3.05) is 44.3 Å². The highest BCUT2D eigenvalue weighted by Crippen LogP contribution is 2.21. The summed E-state index contributed by atoms with van der Waals surface area (Å²) in [4.78, 5) is 30.8. The van der Waals surface area contributed by atoms with Crippen molar-refractivity contribution in [1.29, 1.82) is 0 Å². The first kappa shape index (κ1) is 13.3. The van der Waals surface area contributed by atoms with Gasteiger partial charge in [-0.3, -0.25) is 4.79 Å². The van der Waals surface area contributed by atoms with E-state index >= 15 is 0 Å². The number of thiazole rings is 1. The lowest BCUT2D eigenvalue weighted by molar-refractivity contribution is -0.150. The maximum Gasteiger partial charge on any atom is 0.365 e. The Morgan fingerprint density at radius 3 is 2.50 bits per heavy atom. The molecule has 0 aliphatic carbocycles. The Balaban J connectivity index is 1.57. The number of hydrogen-bond acceptors (Lipinski definition) is 6. The molecule has 2 saturated heterocycles. The highest BCUT2D eigenvalue weighted by molar-refractivity contribution is 7.11. The molecule has 0 atom stereocenters. The number of aromatic nitrogens is 1. The van der Waals surface area contributed by atoms with Gasteiger partial charge in [0.2, 0.25) is 10.9 Å². The topological polar surface area (TPSA) is 83.0 Å². The van der Waals surface area contributed by atoms with E-state index in [1.54, 1.807) is 5.38 Å². The summed E-state index contributed by atoms with van der Waals surface area (Å²) < 4.78 is 5.04. The SMILES string of the molecule is O=C(O)c1nc(N2CCN(C(=O)C3COC3)CC2)cs1. The lowest BCUT2D eigenvalue weighted by atomic mass is 10.1. The molecule has 7 nitrogen and oxygen atoms in total. The van der Waals surface area contributed by atoms with E-state index in [0.717, 1.165) is 11.3 Å². The number of hydrogen-bond donors (Lipinski definition) is 1. The van der Waals surface area contributed by atoms with Crippen molar-refractivity contribution in [3.8, 4) is 0 Å². The van der Waals surface area contributed by atoms with Crippen LogP contribution in [0.2, 0.25) is 0 Å². The second-order valence-corrected chi connectivity index (χ2v) is 5.72. The zero-order chi connectivity index (χ0) is 14.1. The van der Waals surface area contributed by atoms with Crippen molar-refractivity contribution < 1.29 is 19.4 Å². The fraction of sp³-hybridized carbons (Fsp3) is 0.583. The molecule has 3 rings (SSSR count). The molecule has 0 spiro atoms. The number of ether oxygens (including phenoxy) is 1. The normalized spacial score (nSPS) is 19.8. The molecule has 0 unspecified atom stereocenters. The summed E-state index contributed by atoms with van der Waals surface area (Å²) in [7, 11) is 0. The molecule has 0 bridgehead atoms. The Labute approximate surface area is 119 Å². The Hall–Kier alpha value is -1.67. The largest absolute Gasteiger partial charge is 0.476 e. The van der Waals surface area contributed by atoms with Gasteiger partial charge in [0.1, 0.15) is 5.82 Å². The van der Waals surface area contributed by atoms with Gasteiger partial charge in [-0.15, -0.1) is 11.3 Å². The summed E-state index contributed by atoms with van der Waals surface area (Å²) in [5, 5.41) is 10.7. The minimum Gasteiger partial charge on any atom is -0.476 e. The predicted molar refractivity (Wildman–Crippen MR) is 72.2 cm³/mol. The highest BCUT2D eigenvalue weighted by Gasteiger charge is 2.32. The van der Waals surface area contributed by atoms with Crippen LogP contribution in [0.15, 0.2) is 5.38 Å². The van der Waals surface area contributed by atoms with E-state index in [2.05, 4.69) is 4.98 Å². The molecule has 2 aliphatic rings. The summed E-state index contributed by atoms with van der Waals surface area (Å²) in [6, 6.07) is 0. The van der Waals surface area contributed by atoms with E-state index in [-0.39, 0.29) is 16.8 Å². The Morgan fingerprint density at radius 2 is 2.00 bits per heavy atom. The van der Waals surface area contributed by atoms with Gasteiger partial charge < -0.3 is 19.6 Å². The first-order valence-corrected chi connectivity index (χ1v) is 7.33. The summed E-state index contributed by atoms with van der Waals surface area (Å²) in [5.41, 5.74) is 0. The summed E-state index contributed by atoms with van der Waals surface area (Å²) in [5.74, 6) is -0.119. The second kappa shape index (κ2) is 5.37. The summed E-state index contributed by atoms with van der Waals surface area (Å²) in [6.07, 6.45) is 0. The van der Waals surface area contributed by atoms with Crippen LogP contribution in [-0.4, -0.2) is 66.3 Å². The van der Waals surface area contributed by atoms with Crippen LogP contribution in [0.3, 0.4) is 0 Å². The van der Waals surface area contributed by atoms with E-state index in [9.17, 15) is 9.59 Å². The average molecular weight is 297 g/mol. The molecular weight excluding hydrogens is 282 g/mol. The van der Waals surface area contributed by atoms with Crippen molar-refractivity contribution in [2.45, 2.75) is 0 Å². The maximum atomic E-state index is 12.1. The minimum absolute atomic E-state index is 0.0273. The molecule has 1 aromatic rings. The molecule has 3 heterocycles. The van der Waals surface area contributed by atoms with E-state index in [0.29, 0.717) is 45.2 Å². The van der Waals surface area contributed by atoms with Crippen LogP contribution in [-0.2, 0) is 9.53 Å².